The summed E-state index contributed by atoms with van der Waals surface area (Å²) >= 11 is 0. The van der Waals surface area contributed by atoms with E-state index in [1.807, 2.05) is 20.8 Å². The molecule has 0 heterocycles. The summed E-state index contributed by atoms with van der Waals surface area (Å²) in [6.45, 7) is 7.18. The molecular formula is C15H30N2O4. The van der Waals surface area contributed by atoms with E-state index in [0.29, 0.717) is 19.6 Å². The number of hydrogen-bond acceptors (Lipinski definition) is 3. The molecule has 2 amide bonds. The van der Waals surface area contributed by atoms with Crippen LogP contribution in [-0.4, -0.2) is 54.9 Å². The highest BCUT2D eigenvalue weighted by molar-refractivity contribution is 5.76. The number of ether oxygens (including phenoxy) is 1. The van der Waals surface area contributed by atoms with Gasteiger partial charge in [0.05, 0.1) is 12.5 Å². The fourth-order valence-corrected chi connectivity index (χ4v) is 2.34. The number of carbonyl (C=O) groups is 2. The van der Waals surface area contributed by atoms with Crippen molar-refractivity contribution in [1.29, 1.82) is 0 Å². The molecule has 0 aliphatic heterocycles. The molecule has 0 bridgehead atoms. The first kappa shape index (κ1) is 19.7. The van der Waals surface area contributed by atoms with E-state index < -0.39 is 11.9 Å². The summed E-state index contributed by atoms with van der Waals surface area (Å²) in [6.07, 6.45) is 3.08. The van der Waals surface area contributed by atoms with Gasteiger partial charge in [0.25, 0.3) is 0 Å². The Hall–Kier alpha value is -1.30. The van der Waals surface area contributed by atoms with E-state index in [0.717, 1.165) is 19.3 Å². The zero-order valence-corrected chi connectivity index (χ0v) is 13.7. The minimum atomic E-state index is -0.858. The van der Waals surface area contributed by atoms with Crippen LogP contribution in [0.25, 0.3) is 0 Å². The van der Waals surface area contributed by atoms with Gasteiger partial charge in [0.15, 0.2) is 0 Å². The van der Waals surface area contributed by atoms with Crippen molar-refractivity contribution >= 4 is 12.0 Å². The molecule has 0 saturated heterocycles. The van der Waals surface area contributed by atoms with E-state index in [1.165, 1.54) is 0 Å². The molecule has 21 heavy (non-hydrogen) atoms. The molecule has 0 aromatic heterocycles. The van der Waals surface area contributed by atoms with Crippen LogP contribution in [-0.2, 0) is 9.53 Å². The Labute approximate surface area is 127 Å². The van der Waals surface area contributed by atoms with Crippen LogP contribution in [0, 0.1) is 5.92 Å². The van der Waals surface area contributed by atoms with Crippen LogP contribution in [0.2, 0.25) is 0 Å². The molecule has 1 atom stereocenters. The number of amides is 2. The van der Waals surface area contributed by atoms with E-state index in [-0.39, 0.29) is 18.6 Å². The highest BCUT2D eigenvalue weighted by Crippen LogP contribution is 2.10. The summed E-state index contributed by atoms with van der Waals surface area (Å²) in [6, 6.07) is -0.0577. The number of nitrogens with zero attached hydrogens (tertiary/aromatic N) is 1. The number of carbonyl (C=O) groups excluding carboxylic acids is 1. The van der Waals surface area contributed by atoms with Crippen molar-refractivity contribution in [2.45, 2.75) is 52.5 Å². The Morgan fingerprint density at radius 2 is 1.86 bits per heavy atom. The Morgan fingerprint density at radius 1 is 1.24 bits per heavy atom. The summed E-state index contributed by atoms with van der Waals surface area (Å²) in [4.78, 5) is 25.2. The fourth-order valence-electron chi connectivity index (χ4n) is 2.34. The number of methoxy groups -OCH3 is 1. The first-order chi connectivity index (χ1) is 10.0. The van der Waals surface area contributed by atoms with Crippen molar-refractivity contribution in [3.63, 3.8) is 0 Å². The lowest BCUT2D eigenvalue weighted by Gasteiger charge is -2.31. The number of aliphatic carboxylic acids is 1. The molecule has 0 fully saturated rings. The summed E-state index contributed by atoms with van der Waals surface area (Å²) in [5, 5.41) is 11.9. The van der Waals surface area contributed by atoms with Gasteiger partial charge < -0.3 is 20.1 Å². The maximum Gasteiger partial charge on any atom is 0.317 e. The normalized spacial score (nSPS) is 12.2. The molecule has 2 N–H and O–H groups in total. The highest BCUT2D eigenvalue weighted by Gasteiger charge is 2.23. The van der Waals surface area contributed by atoms with E-state index >= 15 is 0 Å². The molecule has 0 aromatic rings. The maximum atomic E-state index is 12.3. The van der Waals surface area contributed by atoms with Gasteiger partial charge >= 0.3 is 12.0 Å². The molecule has 0 aliphatic carbocycles. The van der Waals surface area contributed by atoms with Gasteiger partial charge in [-0.05, 0) is 19.3 Å². The van der Waals surface area contributed by atoms with Gasteiger partial charge in [0.2, 0.25) is 0 Å². The van der Waals surface area contributed by atoms with Crippen LogP contribution in [0.15, 0.2) is 0 Å². The van der Waals surface area contributed by atoms with E-state index in [4.69, 9.17) is 9.84 Å². The summed E-state index contributed by atoms with van der Waals surface area (Å²) < 4.78 is 5.05. The summed E-state index contributed by atoms with van der Waals surface area (Å²) in [5.41, 5.74) is 0. The molecule has 0 radical (unpaired) electrons. The number of rotatable bonds is 11. The largest absolute Gasteiger partial charge is 0.481 e. The van der Waals surface area contributed by atoms with Crippen molar-refractivity contribution in [3.8, 4) is 0 Å². The van der Waals surface area contributed by atoms with E-state index in [1.54, 1.807) is 12.0 Å². The molecule has 0 aromatic carbocycles. The summed E-state index contributed by atoms with van der Waals surface area (Å²) in [7, 11) is 1.60. The van der Waals surface area contributed by atoms with Crippen molar-refractivity contribution < 1.29 is 19.4 Å². The Kier molecular flexibility index (Phi) is 10.7. The second-order valence-electron chi connectivity index (χ2n) is 5.17. The third-order valence-corrected chi connectivity index (χ3v) is 3.67. The second-order valence-corrected chi connectivity index (χ2v) is 5.17. The number of urea groups is 1. The van der Waals surface area contributed by atoms with Crippen LogP contribution in [0.3, 0.4) is 0 Å². The van der Waals surface area contributed by atoms with Gasteiger partial charge in [-0.1, -0.05) is 27.2 Å². The monoisotopic (exact) mass is 302 g/mol. The van der Waals surface area contributed by atoms with Gasteiger partial charge in [0.1, 0.15) is 0 Å². The lowest BCUT2D eigenvalue weighted by molar-refractivity contribution is -0.141. The first-order valence-corrected chi connectivity index (χ1v) is 7.77. The van der Waals surface area contributed by atoms with Crippen molar-refractivity contribution in [2.24, 2.45) is 5.92 Å². The average molecular weight is 302 g/mol. The lowest BCUT2D eigenvalue weighted by Crippen LogP contribution is -2.48. The average Bonchev–Trinajstić information content (AvgIpc) is 2.47. The Balaban J connectivity index is 4.60. The minimum absolute atomic E-state index is 0.148. The zero-order valence-electron chi connectivity index (χ0n) is 13.7. The van der Waals surface area contributed by atoms with Crippen LogP contribution in [0.4, 0.5) is 4.79 Å². The fraction of sp³-hybridized carbons (Fsp3) is 0.867. The second kappa shape index (κ2) is 11.4. The smallest absolute Gasteiger partial charge is 0.317 e. The van der Waals surface area contributed by atoms with Gasteiger partial charge in [-0.25, -0.2) is 4.79 Å². The van der Waals surface area contributed by atoms with Crippen molar-refractivity contribution in [2.75, 3.05) is 26.8 Å². The van der Waals surface area contributed by atoms with Gasteiger partial charge in [-0.3, -0.25) is 4.79 Å². The van der Waals surface area contributed by atoms with Crippen LogP contribution < -0.4 is 5.32 Å². The molecule has 1 unspecified atom stereocenters. The zero-order chi connectivity index (χ0) is 16.3. The van der Waals surface area contributed by atoms with Gasteiger partial charge in [-0.2, -0.15) is 0 Å². The SMILES string of the molecule is CCCC(CNC(=O)N(CCOC)C(CC)CC)C(=O)O. The quantitative estimate of drug-likeness (QED) is 0.614. The Bertz CT molecular complexity index is 306. The van der Waals surface area contributed by atoms with Crippen LogP contribution in [0.1, 0.15) is 46.5 Å². The molecule has 124 valence electrons. The minimum Gasteiger partial charge on any atom is -0.481 e. The van der Waals surface area contributed by atoms with Gasteiger partial charge in [0, 0.05) is 26.2 Å². The maximum absolute atomic E-state index is 12.3. The highest BCUT2D eigenvalue weighted by atomic mass is 16.5. The van der Waals surface area contributed by atoms with E-state index in [9.17, 15) is 9.59 Å². The number of hydrogen-bond donors (Lipinski definition) is 2. The first-order valence-electron chi connectivity index (χ1n) is 7.77. The molecule has 0 saturated carbocycles. The predicted molar refractivity (Wildman–Crippen MR) is 82.4 cm³/mol. The number of carboxylic acids is 1. The number of carboxylic acid groups (broad SMARTS) is 1. The van der Waals surface area contributed by atoms with Crippen molar-refractivity contribution in [1.82, 2.24) is 10.2 Å². The van der Waals surface area contributed by atoms with Crippen molar-refractivity contribution in [3.05, 3.63) is 0 Å². The predicted octanol–water partition coefficient (Wildman–Crippen LogP) is 2.33. The van der Waals surface area contributed by atoms with Crippen LogP contribution >= 0.6 is 0 Å². The number of nitrogens with one attached hydrogen (secondary N) is 1. The third kappa shape index (κ3) is 7.32. The molecule has 0 spiro atoms. The third-order valence-electron chi connectivity index (χ3n) is 3.67. The summed E-state index contributed by atoms with van der Waals surface area (Å²) in [5.74, 6) is -1.38. The molecule has 0 aliphatic rings. The van der Waals surface area contributed by atoms with Gasteiger partial charge in [-0.15, -0.1) is 0 Å². The topological polar surface area (TPSA) is 78.9 Å². The molecular weight excluding hydrogens is 272 g/mol. The van der Waals surface area contributed by atoms with Crippen LogP contribution in [0.5, 0.6) is 0 Å². The lowest BCUT2D eigenvalue weighted by atomic mass is 10.0. The molecule has 0 rings (SSSR count). The Morgan fingerprint density at radius 3 is 2.29 bits per heavy atom. The molecule has 6 heteroatoms. The standard InChI is InChI=1S/C15H30N2O4/c1-5-8-12(14(18)19)11-16-15(20)17(9-10-21-4)13(6-2)7-3/h12-13H,5-11H2,1-4H3,(H,16,20)(H,18,19). The van der Waals surface area contributed by atoms with E-state index in [2.05, 4.69) is 5.32 Å². The molecule has 6 nitrogen and oxygen atoms in total.